The average Bonchev–Trinajstić information content (AvgIpc) is 2.87. The molecule has 0 aliphatic carbocycles. The van der Waals surface area contributed by atoms with E-state index >= 15 is 4.39 Å². The molecule has 3 aromatic rings. The number of nitrogens with zero attached hydrogens (tertiary/aromatic N) is 4. The van der Waals surface area contributed by atoms with Crippen molar-refractivity contribution in [3.63, 3.8) is 0 Å². The van der Waals surface area contributed by atoms with E-state index < -0.39 is 18.1 Å². The first-order valence-corrected chi connectivity index (χ1v) is 11.8. The number of methoxy groups -OCH3 is 1. The number of benzene rings is 1. The molecule has 0 bridgehead atoms. The molecular formula is C26H31FN4O3. The summed E-state index contributed by atoms with van der Waals surface area (Å²) in [4.78, 5) is 18.5. The Balaban J connectivity index is 1.34. The molecule has 180 valence electrons. The lowest BCUT2D eigenvalue weighted by molar-refractivity contribution is -0.146. The molecule has 1 aromatic carbocycles. The van der Waals surface area contributed by atoms with Gasteiger partial charge in [0.1, 0.15) is 11.9 Å². The van der Waals surface area contributed by atoms with Crippen LogP contribution in [0.2, 0.25) is 0 Å². The van der Waals surface area contributed by atoms with Crippen LogP contribution in [0.5, 0.6) is 5.75 Å². The fourth-order valence-corrected chi connectivity index (χ4v) is 4.91. The lowest BCUT2D eigenvalue weighted by atomic mass is 9.81. The monoisotopic (exact) mass is 466 g/mol. The molecule has 1 aliphatic heterocycles. The smallest absolute Gasteiger partial charge is 0.308 e. The minimum Gasteiger partial charge on any atom is -0.497 e. The molecule has 1 fully saturated rings. The Bertz CT molecular complexity index is 1100. The molecule has 1 saturated heterocycles. The summed E-state index contributed by atoms with van der Waals surface area (Å²) >= 11 is 0. The maximum Gasteiger partial charge on any atom is 0.308 e. The quantitative estimate of drug-likeness (QED) is 0.471. The standard InChI is InChI=1S/C26H31FN4O3/c1-34-20-7-9-25-22(16-20)21(10-13-28-25)24(27)8-6-18-11-15-31(17-23(18)26(32)33)14-3-5-19-4-2-12-29-30-19/h2,4,7,9-10,12-13,16,18,23-24H,3,5-6,8,11,14-15,17H2,1H3,(H,32,33)/t18-,23+,24?/m1/s1. The number of piperidine rings is 1. The predicted molar refractivity (Wildman–Crippen MR) is 127 cm³/mol. The second-order valence-corrected chi connectivity index (χ2v) is 8.94. The number of aromatic nitrogens is 3. The highest BCUT2D eigenvalue weighted by Gasteiger charge is 2.34. The minimum absolute atomic E-state index is 0.0328. The molecule has 3 atom stereocenters. The summed E-state index contributed by atoms with van der Waals surface area (Å²) in [5.74, 6) is -0.647. The highest BCUT2D eigenvalue weighted by Crippen LogP contribution is 2.35. The number of hydrogen-bond acceptors (Lipinski definition) is 6. The van der Waals surface area contributed by atoms with E-state index in [0.717, 1.165) is 48.9 Å². The third-order valence-corrected chi connectivity index (χ3v) is 6.80. The number of pyridine rings is 1. The van der Waals surface area contributed by atoms with Crippen LogP contribution in [0.4, 0.5) is 4.39 Å². The second-order valence-electron chi connectivity index (χ2n) is 8.94. The van der Waals surface area contributed by atoms with Gasteiger partial charge in [-0.2, -0.15) is 10.2 Å². The van der Waals surface area contributed by atoms with Gasteiger partial charge in [0, 0.05) is 24.3 Å². The van der Waals surface area contributed by atoms with Gasteiger partial charge in [0.05, 0.1) is 24.2 Å². The molecule has 34 heavy (non-hydrogen) atoms. The average molecular weight is 467 g/mol. The zero-order valence-electron chi connectivity index (χ0n) is 19.4. The van der Waals surface area contributed by atoms with Crippen molar-refractivity contribution < 1.29 is 19.0 Å². The van der Waals surface area contributed by atoms with E-state index in [0.29, 0.717) is 24.3 Å². The van der Waals surface area contributed by atoms with E-state index in [1.165, 1.54) is 0 Å². The van der Waals surface area contributed by atoms with Gasteiger partial charge in [0.2, 0.25) is 0 Å². The van der Waals surface area contributed by atoms with Gasteiger partial charge in [-0.15, -0.1) is 0 Å². The Morgan fingerprint density at radius 3 is 2.94 bits per heavy atom. The summed E-state index contributed by atoms with van der Waals surface area (Å²) in [6.07, 6.45) is 5.41. The number of halogens is 1. The molecular weight excluding hydrogens is 435 g/mol. The van der Waals surface area contributed by atoms with Crippen LogP contribution >= 0.6 is 0 Å². The molecule has 1 aliphatic rings. The van der Waals surface area contributed by atoms with E-state index in [4.69, 9.17) is 4.74 Å². The summed E-state index contributed by atoms with van der Waals surface area (Å²) in [5, 5.41) is 18.6. The number of aryl methyl sites for hydroxylation is 1. The zero-order chi connectivity index (χ0) is 23.9. The predicted octanol–water partition coefficient (Wildman–Crippen LogP) is 4.48. The largest absolute Gasteiger partial charge is 0.497 e. The van der Waals surface area contributed by atoms with Crippen LogP contribution in [0.25, 0.3) is 10.9 Å². The maximum absolute atomic E-state index is 15.4. The Labute approximate surface area is 199 Å². The van der Waals surface area contributed by atoms with Crippen LogP contribution in [-0.4, -0.2) is 57.9 Å². The second kappa shape index (κ2) is 11.3. The summed E-state index contributed by atoms with van der Waals surface area (Å²) in [6.45, 7) is 2.16. The molecule has 0 spiro atoms. The van der Waals surface area contributed by atoms with E-state index in [1.54, 1.807) is 25.6 Å². The van der Waals surface area contributed by atoms with Gasteiger partial charge in [-0.25, -0.2) is 4.39 Å². The molecule has 4 rings (SSSR count). The summed E-state index contributed by atoms with van der Waals surface area (Å²) in [6, 6.07) is 11.0. The fraction of sp³-hybridized carbons (Fsp3) is 0.462. The lowest BCUT2D eigenvalue weighted by Gasteiger charge is -2.36. The Morgan fingerprint density at radius 1 is 1.29 bits per heavy atom. The number of carbonyl (C=O) groups is 1. The number of rotatable bonds is 10. The van der Waals surface area contributed by atoms with Gasteiger partial charge in [0.15, 0.2) is 0 Å². The first-order chi connectivity index (χ1) is 16.5. The van der Waals surface area contributed by atoms with Gasteiger partial charge in [0.25, 0.3) is 0 Å². The van der Waals surface area contributed by atoms with Crippen LogP contribution in [-0.2, 0) is 11.2 Å². The van der Waals surface area contributed by atoms with Crippen molar-refractivity contribution in [2.24, 2.45) is 11.8 Å². The minimum atomic E-state index is -1.18. The van der Waals surface area contributed by atoms with E-state index in [9.17, 15) is 9.90 Å². The van der Waals surface area contributed by atoms with Crippen molar-refractivity contribution in [3.8, 4) is 5.75 Å². The van der Waals surface area contributed by atoms with Crippen LogP contribution in [0.1, 0.15) is 43.1 Å². The van der Waals surface area contributed by atoms with E-state index in [-0.39, 0.29) is 12.3 Å². The summed E-state index contributed by atoms with van der Waals surface area (Å²) < 4.78 is 20.6. The first kappa shape index (κ1) is 24.0. The van der Waals surface area contributed by atoms with Gasteiger partial charge >= 0.3 is 5.97 Å². The highest BCUT2D eigenvalue weighted by molar-refractivity contribution is 5.83. The summed E-state index contributed by atoms with van der Waals surface area (Å²) in [7, 11) is 1.58. The van der Waals surface area contributed by atoms with Crippen molar-refractivity contribution in [3.05, 3.63) is 60.0 Å². The number of carboxylic acids is 1. The third kappa shape index (κ3) is 5.86. The summed E-state index contributed by atoms with van der Waals surface area (Å²) in [5.41, 5.74) is 2.25. The number of fused-ring (bicyclic) bond motifs is 1. The highest BCUT2D eigenvalue weighted by atomic mass is 19.1. The zero-order valence-corrected chi connectivity index (χ0v) is 19.4. The number of likely N-dealkylation sites (tertiary alicyclic amines) is 1. The van der Waals surface area contributed by atoms with Crippen molar-refractivity contribution in [1.82, 2.24) is 20.1 Å². The van der Waals surface area contributed by atoms with Crippen LogP contribution in [0.3, 0.4) is 0 Å². The third-order valence-electron chi connectivity index (χ3n) is 6.80. The Morgan fingerprint density at radius 2 is 2.18 bits per heavy atom. The molecule has 1 unspecified atom stereocenters. The number of alkyl halides is 1. The van der Waals surface area contributed by atoms with Crippen molar-refractivity contribution in [2.75, 3.05) is 26.7 Å². The molecule has 0 amide bonds. The molecule has 3 heterocycles. The van der Waals surface area contributed by atoms with Crippen molar-refractivity contribution in [1.29, 1.82) is 0 Å². The van der Waals surface area contributed by atoms with Crippen LogP contribution in [0, 0.1) is 11.8 Å². The number of ether oxygens (including phenoxy) is 1. The van der Waals surface area contributed by atoms with Gasteiger partial charge in [-0.1, -0.05) is 0 Å². The molecule has 0 radical (unpaired) electrons. The number of carboxylic acid groups (broad SMARTS) is 1. The molecule has 1 N–H and O–H groups in total. The SMILES string of the molecule is COc1ccc2nccc(C(F)CC[C@@H]3CCN(CCCc4cccnn4)C[C@@H]3C(=O)O)c2c1. The van der Waals surface area contributed by atoms with Crippen molar-refractivity contribution in [2.45, 2.75) is 38.3 Å². The Kier molecular flexibility index (Phi) is 8.00. The molecule has 7 nitrogen and oxygen atoms in total. The fourth-order valence-electron chi connectivity index (χ4n) is 4.91. The van der Waals surface area contributed by atoms with Crippen molar-refractivity contribution >= 4 is 16.9 Å². The Hall–Kier alpha value is -3.13. The topological polar surface area (TPSA) is 88.4 Å². The first-order valence-electron chi connectivity index (χ1n) is 11.8. The van der Waals surface area contributed by atoms with E-state index in [2.05, 4.69) is 20.1 Å². The lowest BCUT2D eigenvalue weighted by Crippen LogP contribution is -2.44. The molecule has 0 saturated carbocycles. The molecule has 8 heteroatoms. The number of aliphatic carboxylic acids is 1. The van der Waals surface area contributed by atoms with Crippen LogP contribution < -0.4 is 4.74 Å². The maximum atomic E-state index is 15.4. The number of hydrogen-bond donors (Lipinski definition) is 1. The van der Waals surface area contributed by atoms with Gasteiger partial charge < -0.3 is 14.7 Å². The van der Waals surface area contributed by atoms with Gasteiger partial charge in [-0.05, 0) is 93.1 Å². The van der Waals surface area contributed by atoms with E-state index in [1.807, 2.05) is 30.3 Å². The van der Waals surface area contributed by atoms with Crippen LogP contribution in [0.15, 0.2) is 48.8 Å². The normalized spacial score (nSPS) is 19.7. The molecule has 2 aromatic heterocycles. The van der Waals surface area contributed by atoms with Gasteiger partial charge in [-0.3, -0.25) is 9.78 Å².